The van der Waals surface area contributed by atoms with Crippen LogP contribution in [-0.4, -0.2) is 103 Å². The van der Waals surface area contributed by atoms with Gasteiger partial charge in [0.15, 0.2) is 27.5 Å². The molecule has 7 heterocycles. The van der Waals surface area contributed by atoms with Gasteiger partial charge in [0.2, 0.25) is 0 Å². The number of phenols is 2. The fourth-order valence-corrected chi connectivity index (χ4v) is 11.3. The van der Waals surface area contributed by atoms with Gasteiger partial charge in [-0.05, 0) is 163 Å². The number of nitrogens with one attached hydrogen (secondary N) is 3. The summed E-state index contributed by atoms with van der Waals surface area (Å²) in [5.74, 6) is 3.43. The molecule has 0 aliphatic carbocycles. The highest BCUT2D eigenvalue weighted by molar-refractivity contribution is 6.35. The van der Waals surface area contributed by atoms with Crippen LogP contribution in [0, 0.1) is 89.9 Å². The molecule has 24 nitrogen and oxygen atoms in total. The van der Waals surface area contributed by atoms with Gasteiger partial charge in [-0.2, -0.15) is 9.46 Å². The van der Waals surface area contributed by atoms with Gasteiger partial charge >= 0.3 is 5.97 Å². The summed E-state index contributed by atoms with van der Waals surface area (Å²) in [5.41, 5.74) is 10.1. The van der Waals surface area contributed by atoms with Crippen molar-refractivity contribution in [2.75, 3.05) is 13.1 Å². The number of carbonyl (C=O) groups is 5. The number of amides is 3. The van der Waals surface area contributed by atoms with E-state index < -0.39 is 5.97 Å². The van der Waals surface area contributed by atoms with Crippen molar-refractivity contribution in [3.05, 3.63) is 239 Å². The normalized spacial score (nSPS) is 11.4. The van der Waals surface area contributed by atoms with E-state index in [2.05, 4.69) is 94.8 Å². The predicted molar refractivity (Wildman–Crippen MR) is 442 cm³/mol. The Morgan fingerprint density at radius 2 is 1.01 bits per heavy atom. The molecule has 0 atom stereocenters. The van der Waals surface area contributed by atoms with Crippen molar-refractivity contribution < 1.29 is 58.8 Å². The molecule has 8 N–H and O–H groups in total. The summed E-state index contributed by atoms with van der Waals surface area (Å²) in [7, 11) is 0. The monoisotopic (exact) mass is 1580 g/mol. The van der Waals surface area contributed by atoms with E-state index in [1.165, 1.54) is 41.6 Å². The maximum absolute atomic E-state index is 12.1. The second kappa shape index (κ2) is 45.0. The number of aromatic amines is 2. The Hall–Kier alpha value is -10.9. The Bertz CT molecular complexity index is 4890. The first kappa shape index (κ1) is 94.5. The summed E-state index contributed by atoms with van der Waals surface area (Å²) in [5, 5.41) is 58.2. The fraction of sp³-hybridized carbons (Fsp3) is 0.443. The lowest BCUT2D eigenvalue weighted by molar-refractivity contribution is 0.0643. The minimum atomic E-state index is -0.982. The highest BCUT2D eigenvalue weighted by atomic mass is 35.5. The molecule has 25 heteroatoms. The Kier molecular flexibility index (Phi) is 37.6. The fourth-order valence-electron chi connectivity index (χ4n) is 11.0. The molecule has 3 aromatic carbocycles. The number of benzene rings is 3. The van der Waals surface area contributed by atoms with Gasteiger partial charge in [0.05, 0.1) is 51.1 Å². The van der Waals surface area contributed by atoms with Crippen molar-refractivity contribution >= 4 is 41.1 Å². The van der Waals surface area contributed by atoms with Crippen molar-refractivity contribution in [1.29, 1.82) is 0 Å². The van der Waals surface area contributed by atoms with E-state index in [-0.39, 0.29) is 67.3 Å². The van der Waals surface area contributed by atoms with Gasteiger partial charge in [0.25, 0.3) is 17.7 Å². The molecule has 3 amide bonds. The number of ketones is 1. The van der Waals surface area contributed by atoms with Gasteiger partial charge in [0.1, 0.15) is 40.1 Å². The van der Waals surface area contributed by atoms with Gasteiger partial charge in [-0.25, -0.2) is 4.79 Å². The van der Waals surface area contributed by atoms with Gasteiger partial charge < -0.3 is 50.1 Å². The number of carboxylic acid groups (broad SMARTS) is 1. The SMILES string of the molecule is Cc1c[nH]c(-c2cc(CC(C)C)on2)cc1=O.Cc1c[nH]c(CC(C)C)cc1=O.Cc1cc2c(cc1O)C(=O)N(CCC(C)C)C2=O.Cc1ccc(C(=O)CCCC(C)C)cc1C(=O)O.Cc1ccc(C(=O)NCCC(C)C)c(Cl)c1O.Cc1cn(O)c(-c2cc(CC(C)C)on2)cc1=O.Cc1cn(O)c(CC(C)C)cc1=O. The zero-order valence-corrected chi connectivity index (χ0v) is 70.2. The van der Waals surface area contributed by atoms with Crippen molar-refractivity contribution in [1.82, 2.24) is 40.0 Å². The van der Waals surface area contributed by atoms with Crippen molar-refractivity contribution in [3.8, 4) is 34.3 Å². The molecule has 1 aliphatic heterocycles. The standard InChI is InChI=1S/C15H20O3.C14H17NO3.C13H18ClNO2.C13H16N2O3.C13H16N2O2.C10H15NO2.C10H15NO/c1-10(2)5-4-6-14(16)12-8-7-11(3)13(9-12)15(17)18;1-8(2)4-5-15-13(17)10-6-9(3)12(16)7-11(10)14(15)18;1-8(2)6-7-15-13(17)10-5-4-9(3)12(16)11(10)14;1-8(2)4-10-5-11(14-18-10)12-6-13(16)9(3)7-15(12)17;1-8(2)4-10-5-12(15-17-10)11-6-13(16)9(3)7-14-11;1-7(2)4-9-5-10(12)8(3)6-11(9)13;1-7(2)4-9-5-10(12)8(3)6-11-9/h7-10H,4-6H2,1-3H3,(H,17,18);6-8,16H,4-5H2,1-3H3;4-5,8,16H,6-7H2,1-3H3,(H,15,17);5-8,17H,4H2,1-3H3;5-8H,4H2,1-3H3,(H,14,16);5-7,13H,4H2,1-3H3;5-7H,4H2,1-3H3,(H,11,12). The smallest absolute Gasteiger partial charge is 0.335 e. The highest BCUT2D eigenvalue weighted by Gasteiger charge is 2.36. The number of carbonyl (C=O) groups excluding carboxylic acids is 4. The minimum Gasteiger partial charge on any atom is -0.508 e. The number of nitrogens with zero attached hydrogens (tertiary/aromatic N) is 5. The van der Waals surface area contributed by atoms with Crippen LogP contribution in [0.1, 0.15) is 243 Å². The van der Waals surface area contributed by atoms with E-state index in [4.69, 9.17) is 25.8 Å². The van der Waals surface area contributed by atoms with Crippen LogP contribution in [0.25, 0.3) is 22.8 Å². The Morgan fingerprint density at radius 1 is 0.504 bits per heavy atom. The molecule has 9 aromatic rings. The first-order valence-electron chi connectivity index (χ1n) is 38.4. The third kappa shape index (κ3) is 30.6. The molecule has 0 unspecified atom stereocenters. The Morgan fingerprint density at radius 3 is 1.55 bits per heavy atom. The lowest BCUT2D eigenvalue weighted by Crippen LogP contribution is -2.31. The van der Waals surface area contributed by atoms with E-state index >= 15 is 0 Å². The number of rotatable bonds is 23. The van der Waals surface area contributed by atoms with Gasteiger partial charge in [-0.1, -0.05) is 143 Å². The number of fused-ring (bicyclic) bond motifs is 1. The molecule has 612 valence electrons. The Balaban J connectivity index is 0.000000279. The van der Waals surface area contributed by atoms with Crippen LogP contribution in [0.2, 0.25) is 5.02 Å². The van der Waals surface area contributed by atoms with Crippen LogP contribution in [0.3, 0.4) is 0 Å². The second-order valence-corrected chi connectivity index (χ2v) is 31.9. The molecule has 0 saturated carbocycles. The number of aromatic nitrogens is 6. The number of H-pyrrole nitrogens is 2. The number of imide groups is 1. The van der Waals surface area contributed by atoms with Crippen LogP contribution in [-0.2, 0) is 25.7 Å². The zero-order chi connectivity index (χ0) is 85.0. The third-order valence-electron chi connectivity index (χ3n) is 17.7. The molecule has 10 rings (SSSR count). The topological polar surface area (TPSA) is 364 Å². The average molecular weight is 1580 g/mol. The zero-order valence-electron chi connectivity index (χ0n) is 69.5. The number of halogens is 1. The second-order valence-electron chi connectivity index (χ2n) is 31.6. The number of phenolic OH excluding ortho intramolecular Hbond substituents is 2. The van der Waals surface area contributed by atoms with Crippen molar-refractivity contribution in [2.24, 2.45) is 41.4 Å². The average Bonchev–Trinajstić information content (AvgIpc) is 1.62. The van der Waals surface area contributed by atoms with E-state index in [0.717, 1.165) is 77.2 Å². The summed E-state index contributed by atoms with van der Waals surface area (Å²) >= 11 is 5.92. The summed E-state index contributed by atoms with van der Waals surface area (Å²) in [4.78, 5) is 112. The molecule has 0 spiro atoms. The van der Waals surface area contributed by atoms with E-state index in [0.29, 0.717) is 151 Å². The maximum atomic E-state index is 12.1. The molecule has 0 radical (unpaired) electrons. The predicted octanol–water partition coefficient (Wildman–Crippen LogP) is 17.4. The lowest BCUT2D eigenvalue weighted by Gasteiger charge is -2.14. The number of aromatic carboxylic acids is 1. The molecule has 0 fully saturated rings. The summed E-state index contributed by atoms with van der Waals surface area (Å²) in [6.07, 6.45) is 13.6. The summed E-state index contributed by atoms with van der Waals surface area (Å²) in [6.45, 7) is 42.5. The minimum absolute atomic E-state index is 0.00663. The largest absolute Gasteiger partial charge is 0.508 e. The number of hydrogen-bond acceptors (Lipinski definition) is 17. The van der Waals surface area contributed by atoms with Crippen molar-refractivity contribution in [3.63, 3.8) is 0 Å². The van der Waals surface area contributed by atoms with E-state index in [1.54, 1.807) is 102 Å². The summed E-state index contributed by atoms with van der Waals surface area (Å²) in [6, 6.07) is 20.9. The molecular weight excluding hydrogens is 1460 g/mol. The Labute approximate surface area is 667 Å². The van der Waals surface area contributed by atoms with Crippen LogP contribution in [0.15, 0.2) is 132 Å². The molecule has 0 saturated heterocycles. The molecule has 113 heavy (non-hydrogen) atoms. The number of carboxylic acids is 1. The number of hydrogen-bond donors (Lipinski definition) is 8. The first-order valence-corrected chi connectivity index (χ1v) is 38.7. The van der Waals surface area contributed by atoms with E-state index in [9.17, 15) is 63.8 Å². The van der Waals surface area contributed by atoms with Gasteiger partial charge in [0, 0.05) is 115 Å². The lowest BCUT2D eigenvalue weighted by atomic mass is 9.98. The van der Waals surface area contributed by atoms with E-state index in [1.807, 2.05) is 40.7 Å². The quantitative estimate of drug-likeness (QED) is 0.0167. The molecular formula is C88H117ClN8O16. The van der Waals surface area contributed by atoms with Crippen LogP contribution in [0.4, 0.5) is 0 Å². The number of pyridine rings is 4. The van der Waals surface area contributed by atoms with Crippen LogP contribution in [0.5, 0.6) is 11.5 Å². The highest BCUT2D eigenvalue weighted by Crippen LogP contribution is 2.32. The molecule has 0 bridgehead atoms. The molecule has 1 aliphatic rings. The maximum Gasteiger partial charge on any atom is 0.335 e. The number of Topliss-reactive ketones (excluding diaryl/α,β-unsaturated/α-hetero) is 1. The van der Waals surface area contributed by atoms with Crippen molar-refractivity contribution in [2.45, 2.75) is 203 Å². The van der Waals surface area contributed by atoms with Gasteiger partial charge in [-0.3, -0.25) is 43.3 Å². The first-order chi connectivity index (χ1) is 52.9. The number of aromatic hydroxyl groups is 2. The summed E-state index contributed by atoms with van der Waals surface area (Å²) < 4.78 is 12.3. The molecule has 6 aromatic heterocycles. The third-order valence-corrected chi connectivity index (χ3v) is 18.1. The van der Waals surface area contributed by atoms with Gasteiger partial charge in [-0.15, -0.1) is 0 Å². The number of aryl methyl sites for hydroxylation is 7. The van der Waals surface area contributed by atoms with Crippen LogP contribution >= 0.6 is 11.6 Å². The van der Waals surface area contributed by atoms with Crippen LogP contribution < -0.4 is 27.0 Å².